The molecule has 1 amide bonds. The minimum atomic E-state index is -1.32. The van der Waals surface area contributed by atoms with Crippen molar-refractivity contribution in [2.75, 3.05) is 0 Å². The molecule has 3 rings (SSSR count). The van der Waals surface area contributed by atoms with Gasteiger partial charge in [0.25, 0.3) is 5.91 Å². The quantitative estimate of drug-likeness (QED) is 0.563. The van der Waals surface area contributed by atoms with Crippen molar-refractivity contribution in [2.45, 2.75) is 5.37 Å². The third-order valence-electron chi connectivity index (χ3n) is 3.60. The fourth-order valence-corrected chi connectivity index (χ4v) is 3.84. The van der Waals surface area contributed by atoms with E-state index in [1.54, 1.807) is 24.3 Å². The molecule has 23 heavy (non-hydrogen) atoms. The summed E-state index contributed by atoms with van der Waals surface area (Å²) in [6.45, 7) is 0. The lowest BCUT2D eigenvalue weighted by atomic mass is 9.96. The summed E-state index contributed by atoms with van der Waals surface area (Å²) in [5, 5.41) is 11.6. The normalized spacial score (nSPS) is 23.2. The number of nitrogens with two attached hydrogens (primary N) is 1. The minimum absolute atomic E-state index is 0.263. The topological polar surface area (TPSA) is 109 Å². The van der Waals surface area contributed by atoms with Gasteiger partial charge in [-0.1, -0.05) is 29.4 Å². The Kier molecular flexibility index (Phi) is 3.91. The molecule has 0 aliphatic carbocycles. The molecule has 4 N–H and O–H groups in total. The number of carboxylic acid groups (broad SMARTS) is 1. The van der Waals surface area contributed by atoms with Crippen LogP contribution in [0.2, 0.25) is 5.02 Å². The largest absolute Gasteiger partial charge is 0.478 e. The number of carbonyl (C=O) groups is 3. The molecule has 2 aliphatic rings. The molecule has 0 bridgehead atoms. The molecule has 0 saturated heterocycles. The Labute approximate surface area is 140 Å². The number of allylic oxidation sites excluding steroid dienone is 1. The molecule has 1 aromatic carbocycles. The van der Waals surface area contributed by atoms with Crippen molar-refractivity contribution in [3.8, 4) is 0 Å². The van der Waals surface area contributed by atoms with Crippen LogP contribution < -0.4 is 11.1 Å². The van der Waals surface area contributed by atoms with Gasteiger partial charge in [0, 0.05) is 22.2 Å². The lowest BCUT2D eigenvalue weighted by Gasteiger charge is -2.23. The van der Waals surface area contributed by atoms with Gasteiger partial charge >= 0.3 is 5.97 Å². The van der Waals surface area contributed by atoms with Gasteiger partial charge in [0.1, 0.15) is 5.57 Å². The first-order chi connectivity index (χ1) is 10.9. The zero-order chi connectivity index (χ0) is 16.7. The number of ketones is 1. The van der Waals surface area contributed by atoms with E-state index in [4.69, 9.17) is 22.4 Å². The summed E-state index contributed by atoms with van der Waals surface area (Å²) in [7, 11) is 0. The summed E-state index contributed by atoms with van der Waals surface area (Å²) >= 11 is 6.93. The molecule has 118 valence electrons. The predicted octanol–water partition coefficient (Wildman–Crippen LogP) is 1.52. The van der Waals surface area contributed by atoms with E-state index in [0.29, 0.717) is 15.5 Å². The highest BCUT2D eigenvalue weighted by Gasteiger charge is 2.41. The molecule has 0 spiro atoms. The van der Waals surface area contributed by atoms with E-state index < -0.39 is 23.2 Å². The molecule has 0 radical (unpaired) electrons. The number of amides is 1. The van der Waals surface area contributed by atoms with Gasteiger partial charge in [0.05, 0.1) is 10.3 Å². The second-order valence-corrected chi connectivity index (χ2v) is 6.63. The molecule has 2 atom stereocenters. The van der Waals surface area contributed by atoms with E-state index in [9.17, 15) is 14.4 Å². The van der Waals surface area contributed by atoms with Crippen molar-refractivity contribution in [1.82, 2.24) is 5.32 Å². The van der Waals surface area contributed by atoms with Gasteiger partial charge in [-0.05, 0) is 24.3 Å². The molecular formula is C15H11ClN2O4S. The van der Waals surface area contributed by atoms with Gasteiger partial charge < -0.3 is 16.2 Å². The highest BCUT2D eigenvalue weighted by molar-refractivity contribution is 8.04. The molecule has 8 heteroatoms. The van der Waals surface area contributed by atoms with Gasteiger partial charge in [0.15, 0.2) is 0 Å². The summed E-state index contributed by atoms with van der Waals surface area (Å²) < 4.78 is 0. The number of thioether (sulfide) groups is 1. The Bertz CT molecular complexity index is 785. The number of aliphatic carboxylic acids is 1. The van der Waals surface area contributed by atoms with Crippen LogP contribution in [0.1, 0.15) is 10.4 Å². The van der Waals surface area contributed by atoms with Crippen molar-refractivity contribution in [2.24, 2.45) is 11.7 Å². The van der Waals surface area contributed by atoms with Crippen molar-refractivity contribution in [1.29, 1.82) is 0 Å². The number of carbonyl (C=O) groups excluding carboxylic acids is 2. The number of halogens is 1. The predicted molar refractivity (Wildman–Crippen MR) is 85.7 cm³/mol. The van der Waals surface area contributed by atoms with Crippen molar-refractivity contribution < 1.29 is 19.5 Å². The zero-order valence-electron chi connectivity index (χ0n) is 11.6. The summed E-state index contributed by atoms with van der Waals surface area (Å²) in [5.41, 5.74) is 6.35. The number of nitrogens with one attached hydrogen (secondary N) is 1. The van der Waals surface area contributed by atoms with Crippen molar-refractivity contribution in [3.05, 3.63) is 57.1 Å². The molecule has 2 heterocycles. The second-order valence-electron chi connectivity index (χ2n) is 5.04. The fraction of sp³-hybridized carbons (Fsp3) is 0.133. The molecule has 0 aromatic heterocycles. The number of benzene rings is 1. The lowest BCUT2D eigenvalue weighted by molar-refractivity contribution is -0.135. The van der Waals surface area contributed by atoms with Gasteiger partial charge in [-0.3, -0.25) is 9.59 Å². The molecule has 0 fully saturated rings. The molecule has 2 unspecified atom stereocenters. The average molecular weight is 351 g/mol. The first-order valence-corrected chi connectivity index (χ1v) is 7.87. The Hall–Kier alpha value is -2.25. The van der Waals surface area contributed by atoms with E-state index in [1.165, 1.54) is 6.08 Å². The molecular weight excluding hydrogens is 340 g/mol. The van der Waals surface area contributed by atoms with E-state index >= 15 is 0 Å². The molecule has 1 aromatic rings. The maximum atomic E-state index is 12.6. The summed E-state index contributed by atoms with van der Waals surface area (Å²) in [4.78, 5) is 35.7. The molecule has 2 aliphatic heterocycles. The minimum Gasteiger partial charge on any atom is -0.478 e. The van der Waals surface area contributed by atoms with Crippen LogP contribution >= 0.6 is 23.4 Å². The van der Waals surface area contributed by atoms with Gasteiger partial charge in [-0.15, -0.1) is 0 Å². The molecule has 6 nitrogen and oxygen atoms in total. The van der Waals surface area contributed by atoms with E-state index in [-0.39, 0.29) is 17.1 Å². The number of fused-ring (bicyclic) bond motifs is 1. The average Bonchev–Trinajstić information content (AvgIpc) is 2.82. The fourth-order valence-electron chi connectivity index (χ4n) is 2.43. The third-order valence-corrected chi connectivity index (χ3v) is 5.17. The Balaban J connectivity index is 1.94. The van der Waals surface area contributed by atoms with Gasteiger partial charge in [0.2, 0.25) is 5.78 Å². The SMILES string of the molecule is NC1=C(C(=O)c2ccc(Cl)cc2)SC2NC(=O)C(C(=O)O)=CC12. The van der Waals surface area contributed by atoms with Crippen LogP contribution in [-0.2, 0) is 9.59 Å². The monoisotopic (exact) mass is 350 g/mol. The Morgan fingerprint density at radius 2 is 1.91 bits per heavy atom. The zero-order valence-corrected chi connectivity index (χ0v) is 13.1. The highest BCUT2D eigenvalue weighted by atomic mass is 35.5. The summed E-state index contributed by atoms with van der Waals surface area (Å²) in [6.07, 6.45) is 1.30. The third kappa shape index (κ3) is 2.73. The van der Waals surface area contributed by atoms with Crippen LogP contribution in [0.3, 0.4) is 0 Å². The maximum absolute atomic E-state index is 12.6. The van der Waals surface area contributed by atoms with Crippen LogP contribution in [0.4, 0.5) is 0 Å². The number of hydrogen-bond donors (Lipinski definition) is 3. The second kappa shape index (κ2) is 5.75. The van der Waals surface area contributed by atoms with Crippen LogP contribution in [0.25, 0.3) is 0 Å². The summed E-state index contributed by atoms with van der Waals surface area (Å²) in [6, 6.07) is 6.38. The Morgan fingerprint density at radius 3 is 2.52 bits per heavy atom. The van der Waals surface area contributed by atoms with Crippen LogP contribution in [0.15, 0.2) is 46.5 Å². The molecule has 0 saturated carbocycles. The number of Topliss-reactive ketones (excluding diaryl/α,β-unsaturated/α-hetero) is 1. The van der Waals surface area contributed by atoms with Gasteiger partial charge in [-0.2, -0.15) is 0 Å². The maximum Gasteiger partial charge on any atom is 0.341 e. The standard InChI is InChI=1S/C15H11ClN2O4S/c16-7-3-1-6(2-4-7)11(19)12-10(17)8-5-9(15(21)22)13(20)18-14(8)23-12/h1-5,8,14H,17H2,(H,18,20)(H,21,22). The Morgan fingerprint density at radius 1 is 1.26 bits per heavy atom. The lowest BCUT2D eigenvalue weighted by Crippen LogP contribution is -2.43. The summed E-state index contributed by atoms with van der Waals surface area (Å²) in [5.74, 6) is -2.80. The highest BCUT2D eigenvalue weighted by Crippen LogP contribution is 2.42. The van der Waals surface area contributed by atoms with Crippen LogP contribution in [0, 0.1) is 5.92 Å². The first kappa shape index (κ1) is 15.6. The van der Waals surface area contributed by atoms with Crippen LogP contribution in [-0.4, -0.2) is 28.1 Å². The van der Waals surface area contributed by atoms with Gasteiger partial charge in [-0.25, -0.2) is 4.79 Å². The number of hydrogen-bond acceptors (Lipinski definition) is 5. The number of rotatable bonds is 3. The van der Waals surface area contributed by atoms with E-state index in [2.05, 4.69) is 5.32 Å². The van der Waals surface area contributed by atoms with Crippen LogP contribution in [0.5, 0.6) is 0 Å². The van der Waals surface area contributed by atoms with Crippen molar-refractivity contribution >= 4 is 41.0 Å². The smallest absolute Gasteiger partial charge is 0.341 e. The van der Waals surface area contributed by atoms with E-state index in [1.807, 2.05) is 0 Å². The van der Waals surface area contributed by atoms with Crippen molar-refractivity contribution in [3.63, 3.8) is 0 Å². The first-order valence-electron chi connectivity index (χ1n) is 6.61. The van der Waals surface area contributed by atoms with E-state index in [0.717, 1.165) is 11.8 Å². The number of carboxylic acids is 1.